The molecule has 1 heterocycles. The van der Waals surface area contributed by atoms with Crippen LogP contribution >= 0.6 is 11.6 Å². The molecule has 0 saturated carbocycles. The fourth-order valence-electron chi connectivity index (χ4n) is 2.29. The van der Waals surface area contributed by atoms with E-state index in [1.807, 2.05) is 56.3 Å². The summed E-state index contributed by atoms with van der Waals surface area (Å²) in [6.45, 7) is 3.99. The van der Waals surface area contributed by atoms with Crippen LogP contribution in [-0.2, 0) is 0 Å². The van der Waals surface area contributed by atoms with Crippen molar-refractivity contribution in [1.29, 1.82) is 0 Å². The average Bonchev–Trinajstić information content (AvgIpc) is 2.54. The van der Waals surface area contributed by atoms with Crippen LogP contribution in [0.15, 0.2) is 42.5 Å². The molecule has 118 valence electrons. The fraction of sp³-hybridized carbons (Fsp3) is 0.222. The van der Waals surface area contributed by atoms with Gasteiger partial charge in [0, 0.05) is 11.6 Å². The number of aromatic nitrogens is 2. The van der Waals surface area contributed by atoms with Crippen molar-refractivity contribution in [3.8, 4) is 22.8 Å². The zero-order valence-corrected chi connectivity index (χ0v) is 14.0. The molecule has 3 rings (SSSR count). The minimum atomic E-state index is 0.136. The van der Waals surface area contributed by atoms with Crippen LogP contribution in [0.4, 0.5) is 0 Å². The maximum absolute atomic E-state index is 6.30. The molecule has 0 amide bonds. The molecule has 0 atom stereocenters. The van der Waals surface area contributed by atoms with Gasteiger partial charge in [-0.05, 0) is 50.2 Å². The van der Waals surface area contributed by atoms with E-state index in [4.69, 9.17) is 21.1 Å². The van der Waals surface area contributed by atoms with E-state index >= 15 is 0 Å². The van der Waals surface area contributed by atoms with Gasteiger partial charge in [-0.2, -0.15) is 0 Å². The Morgan fingerprint density at radius 3 is 2.26 bits per heavy atom. The Hall–Kier alpha value is -2.33. The van der Waals surface area contributed by atoms with Gasteiger partial charge in [-0.1, -0.05) is 11.6 Å². The van der Waals surface area contributed by atoms with E-state index in [-0.39, 0.29) is 6.10 Å². The first-order valence-electron chi connectivity index (χ1n) is 7.35. The van der Waals surface area contributed by atoms with Crippen molar-refractivity contribution >= 4 is 22.6 Å². The lowest BCUT2D eigenvalue weighted by atomic mass is 10.1. The Labute approximate surface area is 140 Å². The molecule has 0 aliphatic rings. The van der Waals surface area contributed by atoms with E-state index in [0.29, 0.717) is 10.8 Å². The summed E-state index contributed by atoms with van der Waals surface area (Å²) in [6, 6.07) is 13.2. The van der Waals surface area contributed by atoms with Crippen LogP contribution in [0.3, 0.4) is 0 Å². The first-order chi connectivity index (χ1) is 11.1. The van der Waals surface area contributed by atoms with Gasteiger partial charge >= 0.3 is 0 Å². The minimum Gasteiger partial charge on any atom is -0.497 e. The highest BCUT2D eigenvalue weighted by Crippen LogP contribution is 2.29. The van der Waals surface area contributed by atoms with Crippen molar-refractivity contribution in [2.45, 2.75) is 20.0 Å². The quantitative estimate of drug-likeness (QED) is 0.693. The van der Waals surface area contributed by atoms with Crippen molar-refractivity contribution in [3.63, 3.8) is 0 Å². The highest BCUT2D eigenvalue weighted by molar-refractivity contribution is 6.32. The number of hydrogen-bond acceptors (Lipinski definition) is 4. The van der Waals surface area contributed by atoms with Crippen LogP contribution in [0.25, 0.3) is 22.3 Å². The van der Waals surface area contributed by atoms with Crippen molar-refractivity contribution in [3.05, 3.63) is 47.6 Å². The van der Waals surface area contributed by atoms with E-state index in [2.05, 4.69) is 9.97 Å². The standard InChI is InChI=1S/C18H17ClN2O2/c1-11(2)23-13-6-4-12(5-7-13)17-18(19)21-15-9-8-14(22-3)10-16(15)20-17/h4-11H,1-3H3. The Morgan fingerprint density at radius 1 is 0.913 bits per heavy atom. The lowest BCUT2D eigenvalue weighted by Gasteiger charge is -2.11. The third kappa shape index (κ3) is 3.37. The molecule has 0 aliphatic heterocycles. The van der Waals surface area contributed by atoms with Gasteiger partial charge in [-0.3, -0.25) is 0 Å². The highest BCUT2D eigenvalue weighted by atomic mass is 35.5. The van der Waals surface area contributed by atoms with Crippen LogP contribution in [0.5, 0.6) is 11.5 Å². The monoisotopic (exact) mass is 328 g/mol. The lowest BCUT2D eigenvalue weighted by Crippen LogP contribution is -2.05. The lowest BCUT2D eigenvalue weighted by molar-refractivity contribution is 0.242. The summed E-state index contributed by atoms with van der Waals surface area (Å²) in [6.07, 6.45) is 0.136. The molecule has 5 heteroatoms. The van der Waals surface area contributed by atoms with Crippen LogP contribution in [0.2, 0.25) is 5.15 Å². The summed E-state index contributed by atoms with van der Waals surface area (Å²) in [7, 11) is 1.62. The van der Waals surface area contributed by atoms with Gasteiger partial charge in [-0.15, -0.1) is 0 Å². The van der Waals surface area contributed by atoms with Crippen molar-refractivity contribution in [2.75, 3.05) is 7.11 Å². The molecule has 3 aromatic rings. The molecule has 0 radical (unpaired) electrons. The van der Waals surface area contributed by atoms with Crippen LogP contribution in [0, 0.1) is 0 Å². The Bertz CT molecular complexity index is 832. The van der Waals surface area contributed by atoms with E-state index < -0.39 is 0 Å². The number of fused-ring (bicyclic) bond motifs is 1. The third-order valence-electron chi connectivity index (χ3n) is 3.33. The largest absolute Gasteiger partial charge is 0.497 e. The molecule has 0 saturated heterocycles. The molecule has 1 aromatic heterocycles. The van der Waals surface area contributed by atoms with Gasteiger partial charge in [0.25, 0.3) is 0 Å². The summed E-state index contributed by atoms with van der Waals surface area (Å²) >= 11 is 6.30. The number of halogens is 1. The van der Waals surface area contributed by atoms with E-state index in [1.165, 1.54) is 0 Å². The number of ether oxygens (including phenoxy) is 2. The van der Waals surface area contributed by atoms with Gasteiger partial charge < -0.3 is 9.47 Å². The van der Waals surface area contributed by atoms with Crippen LogP contribution in [-0.4, -0.2) is 23.2 Å². The Kier molecular flexibility index (Phi) is 4.35. The average molecular weight is 329 g/mol. The third-order valence-corrected chi connectivity index (χ3v) is 3.59. The predicted octanol–water partition coefficient (Wildman–Crippen LogP) is 4.75. The summed E-state index contributed by atoms with van der Waals surface area (Å²) in [4.78, 5) is 9.04. The second kappa shape index (κ2) is 6.42. The molecule has 0 bridgehead atoms. The van der Waals surface area contributed by atoms with Crippen molar-refractivity contribution in [2.24, 2.45) is 0 Å². The Morgan fingerprint density at radius 2 is 1.61 bits per heavy atom. The van der Waals surface area contributed by atoms with Crippen LogP contribution in [0.1, 0.15) is 13.8 Å². The highest BCUT2D eigenvalue weighted by Gasteiger charge is 2.10. The molecule has 0 N–H and O–H groups in total. The molecular formula is C18H17ClN2O2. The molecule has 23 heavy (non-hydrogen) atoms. The maximum Gasteiger partial charge on any atom is 0.156 e. The topological polar surface area (TPSA) is 44.2 Å². The molecule has 4 nitrogen and oxygen atoms in total. The number of hydrogen-bond donors (Lipinski definition) is 0. The number of benzene rings is 2. The first-order valence-corrected chi connectivity index (χ1v) is 7.73. The molecule has 0 aliphatic carbocycles. The van der Waals surface area contributed by atoms with E-state index in [0.717, 1.165) is 28.1 Å². The summed E-state index contributed by atoms with van der Waals surface area (Å²) < 4.78 is 10.9. The summed E-state index contributed by atoms with van der Waals surface area (Å²) in [5.74, 6) is 1.55. The second-order valence-corrected chi connectivity index (χ2v) is 5.77. The zero-order chi connectivity index (χ0) is 16.4. The number of nitrogens with zero attached hydrogens (tertiary/aromatic N) is 2. The number of rotatable bonds is 4. The van der Waals surface area contributed by atoms with Gasteiger partial charge in [0.1, 0.15) is 17.2 Å². The molecule has 0 fully saturated rings. The first kappa shape index (κ1) is 15.6. The van der Waals surface area contributed by atoms with Gasteiger partial charge in [0.15, 0.2) is 5.15 Å². The normalized spacial score (nSPS) is 11.0. The smallest absolute Gasteiger partial charge is 0.156 e. The molecule has 0 spiro atoms. The summed E-state index contributed by atoms with van der Waals surface area (Å²) in [5.41, 5.74) is 3.01. The maximum atomic E-state index is 6.30. The SMILES string of the molecule is COc1ccc2nc(Cl)c(-c3ccc(OC(C)C)cc3)nc2c1. The molecular weight excluding hydrogens is 312 g/mol. The predicted molar refractivity (Wildman–Crippen MR) is 92.3 cm³/mol. The zero-order valence-electron chi connectivity index (χ0n) is 13.2. The molecule has 2 aromatic carbocycles. The number of methoxy groups -OCH3 is 1. The van der Waals surface area contributed by atoms with Crippen molar-refractivity contribution < 1.29 is 9.47 Å². The van der Waals surface area contributed by atoms with E-state index in [1.54, 1.807) is 7.11 Å². The Balaban J connectivity index is 2.02. The van der Waals surface area contributed by atoms with Crippen molar-refractivity contribution in [1.82, 2.24) is 9.97 Å². The fourth-order valence-corrected chi connectivity index (χ4v) is 2.53. The van der Waals surface area contributed by atoms with E-state index in [9.17, 15) is 0 Å². The summed E-state index contributed by atoms with van der Waals surface area (Å²) in [5, 5.41) is 0.375. The molecule has 0 unspecified atom stereocenters. The minimum absolute atomic E-state index is 0.136. The van der Waals surface area contributed by atoms with Gasteiger partial charge in [0.2, 0.25) is 0 Å². The van der Waals surface area contributed by atoms with Gasteiger partial charge in [0.05, 0.1) is 24.2 Å². The second-order valence-electron chi connectivity index (χ2n) is 5.41. The van der Waals surface area contributed by atoms with Crippen LogP contribution < -0.4 is 9.47 Å². The van der Waals surface area contributed by atoms with Gasteiger partial charge in [-0.25, -0.2) is 9.97 Å².